The summed E-state index contributed by atoms with van der Waals surface area (Å²) >= 11 is 0. The maximum absolute atomic E-state index is 10.6. The average Bonchev–Trinajstić information content (AvgIpc) is 3.01. The van der Waals surface area contributed by atoms with Crippen molar-refractivity contribution < 1.29 is 53.9 Å². The summed E-state index contributed by atoms with van der Waals surface area (Å²) in [5.41, 5.74) is 11.4. The van der Waals surface area contributed by atoms with Gasteiger partial charge >= 0.3 is 0 Å². The quantitative estimate of drug-likeness (QED) is 0.478. The summed E-state index contributed by atoms with van der Waals surface area (Å²) in [6.07, 6.45) is 6.21. The van der Waals surface area contributed by atoms with Crippen molar-refractivity contribution in [2.24, 2.45) is 5.92 Å². The molecule has 1 aliphatic heterocycles. The standard InChI is InChI=1S/C14H18N6O2.Ac/c1-4-14(5-2)7(3)9(21)12(22-14)20-6-17-8-10(15)18-13(16)19-11(8)20;/h1,6-7,9,12,21H,5H2,2-3H3,(H4,15,16,18,19);/t7?,9?,12-,14-;/m1./s1. The van der Waals surface area contributed by atoms with Crippen LogP contribution < -0.4 is 11.5 Å². The summed E-state index contributed by atoms with van der Waals surface area (Å²) in [5, 5.41) is 10.6. The number of aliphatic hydroxyl groups is 1. The predicted molar refractivity (Wildman–Crippen MR) is 81.3 cm³/mol. The van der Waals surface area contributed by atoms with Gasteiger partial charge in [0.15, 0.2) is 17.7 Å². The molecule has 119 valence electrons. The van der Waals surface area contributed by atoms with Gasteiger partial charge in [0, 0.05) is 50.0 Å². The summed E-state index contributed by atoms with van der Waals surface area (Å²) in [7, 11) is 0. The molecule has 0 saturated carbocycles. The van der Waals surface area contributed by atoms with Gasteiger partial charge in [0.1, 0.15) is 17.2 Å². The number of nitrogens with zero attached hydrogens (tertiary/aromatic N) is 4. The van der Waals surface area contributed by atoms with E-state index in [2.05, 4.69) is 20.9 Å². The van der Waals surface area contributed by atoms with E-state index in [0.29, 0.717) is 17.6 Å². The number of nitrogen functional groups attached to an aromatic ring is 2. The number of fused-ring (bicyclic) bond motifs is 1. The largest absolute Gasteiger partial charge is 0.388 e. The molecular weight excluding hydrogens is 511 g/mol. The zero-order chi connectivity index (χ0) is 16.1. The van der Waals surface area contributed by atoms with Crippen LogP contribution in [0.2, 0.25) is 0 Å². The van der Waals surface area contributed by atoms with Crippen LogP contribution in [0.3, 0.4) is 0 Å². The topological polar surface area (TPSA) is 125 Å². The van der Waals surface area contributed by atoms with E-state index in [0.717, 1.165) is 0 Å². The van der Waals surface area contributed by atoms with Crippen LogP contribution in [0, 0.1) is 62.3 Å². The van der Waals surface area contributed by atoms with Crippen molar-refractivity contribution >= 4 is 22.9 Å². The normalized spacial score (nSPS) is 30.1. The number of hydrogen-bond acceptors (Lipinski definition) is 7. The third-order valence-electron chi connectivity index (χ3n) is 4.38. The Morgan fingerprint density at radius 2 is 2.17 bits per heavy atom. The van der Waals surface area contributed by atoms with Crippen LogP contribution in [-0.4, -0.2) is 36.3 Å². The predicted octanol–water partition coefficient (Wildman–Crippen LogP) is 0.298. The summed E-state index contributed by atoms with van der Waals surface area (Å²) in [4.78, 5) is 12.2. The SMILES string of the molecule is C#C[C@]1(CC)O[C@@H](n2cnc3c(N)nc(N)nc32)C(O)C1C.[Ac]. The number of terminal acetylenes is 1. The molecule has 1 radical (unpaired) electrons. The molecule has 1 saturated heterocycles. The van der Waals surface area contributed by atoms with Crippen LogP contribution >= 0.6 is 0 Å². The number of nitrogens with two attached hydrogens (primary N) is 2. The molecule has 8 nitrogen and oxygen atoms in total. The number of ether oxygens (including phenoxy) is 1. The fourth-order valence-electron chi connectivity index (χ4n) is 2.95. The second-order valence-electron chi connectivity index (χ2n) is 5.47. The van der Waals surface area contributed by atoms with Gasteiger partial charge in [-0.25, -0.2) is 4.98 Å². The molecule has 2 aromatic heterocycles. The first-order chi connectivity index (χ1) is 10.4. The van der Waals surface area contributed by atoms with Gasteiger partial charge in [0.2, 0.25) is 5.95 Å². The Labute approximate surface area is 169 Å². The van der Waals surface area contributed by atoms with Crippen molar-refractivity contribution in [1.82, 2.24) is 19.5 Å². The molecule has 1 fully saturated rings. The molecule has 2 unspecified atom stereocenters. The third kappa shape index (κ3) is 2.72. The van der Waals surface area contributed by atoms with Crippen molar-refractivity contribution in [1.29, 1.82) is 0 Å². The number of rotatable bonds is 2. The molecule has 0 spiro atoms. The Hall–Kier alpha value is -0.928. The van der Waals surface area contributed by atoms with E-state index < -0.39 is 17.9 Å². The molecular formula is C14H18AcN6O2. The Kier molecular flexibility index (Phi) is 5.22. The number of anilines is 2. The van der Waals surface area contributed by atoms with Crippen molar-refractivity contribution in [3.63, 3.8) is 0 Å². The van der Waals surface area contributed by atoms with Crippen molar-refractivity contribution in [2.45, 2.75) is 38.2 Å². The Balaban J connectivity index is 0.00000192. The first kappa shape index (κ1) is 18.4. The van der Waals surface area contributed by atoms with Gasteiger partial charge in [-0.3, -0.25) is 4.57 Å². The minimum Gasteiger partial charge on any atom is -0.388 e. The van der Waals surface area contributed by atoms with E-state index in [4.69, 9.17) is 22.6 Å². The van der Waals surface area contributed by atoms with Crippen molar-refractivity contribution in [3.05, 3.63) is 6.33 Å². The molecule has 1 aliphatic rings. The molecule has 3 rings (SSSR count). The van der Waals surface area contributed by atoms with Gasteiger partial charge in [0.25, 0.3) is 0 Å². The summed E-state index contributed by atoms with van der Waals surface area (Å²) in [5.74, 6) is 2.65. The van der Waals surface area contributed by atoms with E-state index in [-0.39, 0.29) is 61.7 Å². The van der Waals surface area contributed by atoms with Crippen molar-refractivity contribution in [2.75, 3.05) is 11.5 Å². The van der Waals surface area contributed by atoms with E-state index in [9.17, 15) is 5.11 Å². The number of imidazole rings is 1. The fraction of sp³-hybridized carbons (Fsp3) is 0.500. The number of aliphatic hydroxyl groups excluding tert-OH is 1. The van der Waals surface area contributed by atoms with Gasteiger partial charge < -0.3 is 21.3 Å². The van der Waals surface area contributed by atoms with Crippen LogP contribution in [0.25, 0.3) is 11.2 Å². The molecule has 4 atom stereocenters. The summed E-state index contributed by atoms with van der Waals surface area (Å²) < 4.78 is 7.60. The molecule has 0 bridgehead atoms. The zero-order valence-corrected chi connectivity index (χ0v) is 17.7. The molecule has 5 N–H and O–H groups in total. The molecule has 9 heteroatoms. The van der Waals surface area contributed by atoms with Crippen molar-refractivity contribution in [3.8, 4) is 12.3 Å². The molecule has 0 amide bonds. The van der Waals surface area contributed by atoms with E-state index in [1.807, 2.05) is 13.8 Å². The minimum absolute atomic E-state index is 0. The zero-order valence-electron chi connectivity index (χ0n) is 13.0. The molecule has 0 aromatic carbocycles. The molecule has 23 heavy (non-hydrogen) atoms. The first-order valence-electron chi connectivity index (χ1n) is 7.02. The number of aromatic nitrogens is 4. The second kappa shape index (κ2) is 6.52. The van der Waals surface area contributed by atoms with Crippen LogP contribution in [-0.2, 0) is 4.74 Å². The molecule has 2 aromatic rings. The smallest absolute Gasteiger partial charge is 0.224 e. The summed E-state index contributed by atoms with van der Waals surface area (Å²) in [6.45, 7) is 3.79. The summed E-state index contributed by atoms with van der Waals surface area (Å²) in [6, 6.07) is 0. The minimum atomic E-state index is -0.829. The second-order valence-corrected chi connectivity index (χ2v) is 5.47. The maximum Gasteiger partial charge on any atom is 0.224 e. The number of hydrogen-bond donors (Lipinski definition) is 3. The fourth-order valence-corrected chi connectivity index (χ4v) is 2.95. The first-order valence-corrected chi connectivity index (χ1v) is 7.02. The molecule has 3 heterocycles. The van der Waals surface area contributed by atoms with Crippen LogP contribution in [0.5, 0.6) is 0 Å². The van der Waals surface area contributed by atoms with Crippen LogP contribution in [0.1, 0.15) is 26.5 Å². The third-order valence-corrected chi connectivity index (χ3v) is 4.38. The Morgan fingerprint density at radius 3 is 2.74 bits per heavy atom. The van der Waals surface area contributed by atoms with Gasteiger partial charge in [0.05, 0.1) is 6.33 Å². The molecule has 0 aliphatic carbocycles. The maximum atomic E-state index is 10.6. The average molecular weight is 529 g/mol. The monoisotopic (exact) mass is 529 g/mol. The van der Waals surface area contributed by atoms with E-state index >= 15 is 0 Å². The Bertz CT molecular complexity index is 772. The van der Waals surface area contributed by atoms with Gasteiger partial charge in [-0.2, -0.15) is 9.97 Å². The van der Waals surface area contributed by atoms with E-state index in [1.165, 1.54) is 6.33 Å². The van der Waals surface area contributed by atoms with Crippen LogP contribution in [0.4, 0.5) is 11.8 Å². The Morgan fingerprint density at radius 1 is 1.48 bits per heavy atom. The van der Waals surface area contributed by atoms with E-state index in [1.54, 1.807) is 4.57 Å². The van der Waals surface area contributed by atoms with Crippen LogP contribution in [0.15, 0.2) is 6.33 Å². The van der Waals surface area contributed by atoms with Gasteiger partial charge in [-0.15, -0.1) is 6.42 Å². The van der Waals surface area contributed by atoms with Gasteiger partial charge in [-0.05, 0) is 6.42 Å². The van der Waals surface area contributed by atoms with Gasteiger partial charge in [-0.1, -0.05) is 19.8 Å².